The Bertz CT molecular complexity index is 424. The fraction of sp³-hybridized carbons (Fsp3) is 0.562. The highest BCUT2D eigenvalue weighted by Crippen LogP contribution is 2.33. The SMILES string of the molecule is CCC(C(=O)O)N1CCC(c2ccccc2)C(C)C1.Cl. The minimum Gasteiger partial charge on any atom is -0.480 e. The molecule has 0 aliphatic carbocycles. The Balaban J connectivity index is 0.00000200. The normalized spacial score (nSPS) is 24.7. The average Bonchev–Trinajstić information content (AvgIpc) is 2.40. The van der Waals surface area contributed by atoms with Crippen LogP contribution in [0.4, 0.5) is 0 Å². The molecule has 0 spiro atoms. The van der Waals surface area contributed by atoms with Crippen molar-refractivity contribution in [2.75, 3.05) is 13.1 Å². The summed E-state index contributed by atoms with van der Waals surface area (Å²) in [6, 6.07) is 10.3. The van der Waals surface area contributed by atoms with Gasteiger partial charge in [-0.05, 0) is 36.8 Å². The molecule has 1 aromatic carbocycles. The third kappa shape index (κ3) is 3.74. The predicted molar refractivity (Wildman–Crippen MR) is 83.5 cm³/mol. The van der Waals surface area contributed by atoms with E-state index in [9.17, 15) is 9.90 Å². The molecule has 1 saturated heterocycles. The summed E-state index contributed by atoms with van der Waals surface area (Å²) in [5.74, 6) is 0.376. The first-order valence-corrected chi connectivity index (χ1v) is 7.15. The maximum atomic E-state index is 11.2. The second-order valence-corrected chi connectivity index (χ2v) is 5.54. The first kappa shape index (κ1) is 17.0. The van der Waals surface area contributed by atoms with E-state index in [1.54, 1.807) is 0 Å². The lowest BCUT2D eigenvalue weighted by Gasteiger charge is -2.39. The highest BCUT2D eigenvalue weighted by atomic mass is 35.5. The van der Waals surface area contributed by atoms with E-state index in [0.29, 0.717) is 18.3 Å². The zero-order valence-electron chi connectivity index (χ0n) is 12.2. The number of benzene rings is 1. The number of piperidine rings is 1. The van der Waals surface area contributed by atoms with Crippen LogP contribution < -0.4 is 0 Å². The third-order valence-electron chi connectivity index (χ3n) is 4.28. The van der Waals surface area contributed by atoms with Crippen molar-refractivity contribution in [2.45, 2.75) is 38.6 Å². The Kier molecular flexibility index (Phi) is 6.50. The van der Waals surface area contributed by atoms with E-state index < -0.39 is 5.97 Å². The number of carboxylic acid groups (broad SMARTS) is 1. The second-order valence-electron chi connectivity index (χ2n) is 5.54. The predicted octanol–water partition coefficient (Wildman–Crippen LogP) is 3.40. The molecule has 20 heavy (non-hydrogen) atoms. The van der Waals surface area contributed by atoms with E-state index in [4.69, 9.17) is 0 Å². The van der Waals surface area contributed by atoms with Crippen molar-refractivity contribution in [3.63, 3.8) is 0 Å². The van der Waals surface area contributed by atoms with Crippen molar-refractivity contribution in [3.05, 3.63) is 35.9 Å². The molecule has 1 N–H and O–H groups in total. The zero-order valence-corrected chi connectivity index (χ0v) is 13.0. The van der Waals surface area contributed by atoms with E-state index in [-0.39, 0.29) is 18.4 Å². The minimum atomic E-state index is -0.687. The van der Waals surface area contributed by atoms with Crippen molar-refractivity contribution in [1.82, 2.24) is 4.90 Å². The summed E-state index contributed by atoms with van der Waals surface area (Å²) in [6.45, 7) is 5.95. The van der Waals surface area contributed by atoms with Crippen LogP contribution in [-0.4, -0.2) is 35.1 Å². The standard InChI is InChI=1S/C16H23NO2.ClH/c1-3-15(16(18)19)17-10-9-14(12(2)11-17)13-7-5-4-6-8-13;/h4-8,12,14-15H,3,9-11H2,1-2H3,(H,18,19);1H. The second kappa shape index (κ2) is 7.65. The Morgan fingerprint density at radius 1 is 1.40 bits per heavy atom. The number of nitrogens with zero attached hydrogens (tertiary/aromatic N) is 1. The van der Waals surface area contributed by atoms with Gasteiger partial charge in [0.1, 0.15) is 6.04 Å². The van der Waals surface area contributed by atoms with E-state index in [1.165, 1.54) is 5.56 Å². The summed E-state index contributed by atoms with van der Waals surface area (Å²) >= 11 is 0. The number of rotatable bonds is 4. The maximum Gasteiger partial charge on any atom is 0.320 e. The Morgan fingerprint density at radius 3 is 2.55 bits per heavy atom. The van der Waals surface area contributed by atoms with Crippen molar-refractivity contribution in [1.29, 1.82) is 0 Å². The van der Waals surface area contributed by atoms with E-state index in [0.717, 1.165) is 19.5 Å². The highest BCUT2D eigenvalue weighted by Gasteiger charge is 2.32. The van der Waals surface area contributed by atoms with Crippen LogP contribution in [0.3, 0.4) is 0 Å². The van der Waals surface area contributed by atoms with Gasteiger partial charge in [0.25, 0.3) is 0 Å². The summed E-state index contributed by atoms with van der Waals surface area (Å²) in [7, 11) is 0. The summed E-state index contributed by atoms with van der Waals surface area (Å²) in [6.07, 6.45) is 1.73. The fourth-order valence-electron chi connectivity index (χ4n) is 3.25. The molecule has 1 aliphatic rings. The van der Waals surface area contributed by atoms with Gasteiger partial charge in [-0.25, -0.2) is 0 Å². The van der Waals surface area contributed by atoms with Crippen molar-refractivity contribution in [3.8, 4) is 0 Å². The number of halogens is 1. The van der Waals surface area contributed by atoms with Gasteiger partial charge < -0.3 is 5.11 Å². The smallest absolute Gasteiger partial charge is 0.320 e. The van der Waals surface area contributed by atoms with Crippen LogP contribution in [0.5, 0.6) is 0 Å². The van der Waals surface area contributed by atoms with Crippen LogP contribution in [-0.2, 0) is 4.79 Å². The van der Waals surface area contributed by atoms with Gasteiger partial charge in [0.05, 0.1) is 0 Å². The summed E-state index contributed by atoms with van der Waals surface area (Å²) in [5, 5.41) is 9.25. The largest absolute Gasteiger partial charge is 0.480 e. The molecule has 1 aromatic rings. The third-order valence-corrected chi connectivity index (χ3v) is 4.28. The van der Waals surface area contributed by atoms with Gasteiger partial charge in [-0.3, -0.25) is 9.69 Å². The van der Waals surface area contributed by atoms with Crippen LogP contribution in [0, 0.1) is 5.92 Å². The van der Waals surface area contributed by atoms with Gasteiger partial charge in [-0.2, -0.15) is 0 Å². The Morgan fingerprint density at radius 2 is 2.05 bits per heavy atom. The molecule has 2 rings (SSSR count). The summed E-state index contributed by atoms with van der Waals surface area (Å²) in [5.41, 5.74) is 1.39. The monoisotopic (exact) mass is 297 g/mol. The topological polar surface area (TPSA) is 40.5 Å². The lowest BCUT2D eigenvalue weighted by atomic mass is 9.81. The number of carboxylic acids is 1. The molecule has 4 heteroatoms. The highest BCUT2D eigenvalue weighted by molar-refractivity contribution is 5.85. The minimum absolute atomic E-state index is 0. The molecule has 0 saturated carbocycles. The lowest BCUT2D eigenvalue weighted by molar-refractivity contribution is -0.144. The van der Waals surface area contributed by atoms with Crippen LogP contribution in [0.2, 0.25) is 0 Å². The fourth-order valence-corrected chi connectivity index (χ4v) is 3.25. The molecule has 0 aromatic heterocycles. The molecule has 1 aliphatic heterocycles. The molecule has 0 bridgehead atoms. The van der Waals surface area contributed by atoms with Gasteiger partial charge in [0, 0.05) is 6.54 Å². The molecule has 0 amide bonds. The summed E-state index contributed by atoms with van der Waals surface area (Å²) in [4.78, 5) is 13.4. The van der Waals surface area contributed by atoms with E-state index in [2.05, 4.69) is 36.1 Å². The first-order chi connectivity index (χ1) is 9.13. The van der Waals surface area contributed by atoms with Crippen molar-refractivity contribution >= 4 is 18.4 Å². The number of hydrogen-bond acceptors (Lipinski definition) is 2. The Hall–Kier alpha value is -1.06. The van der Waals surface area contributed by atoms with Crippen LogP contribution in [0.15, 0.2) is 30.3 Å². The van der Waals surface area contributed by atoms with Crippen LogP contribution in [0.1, 0.15) is 38.2 Å². The molecule has 3 unspecified atom stereocenters. The molecule has 3 nitrogen and oxygen atoms in total. The van der Waals surface area contributed by atoms with Crippen molar-refractivity contribution < 1.29 is 9.90 Å². The van der Waals surface area contributed by atoms with Gasteiger partial charge in [0.15, 0.2) is 0 Å². The van der Waals surface area contributed by atoms with Gasteiger partial charge in [-0.15, -0.1) is 12.4 Å². The van der Waals surface area contributed by atoms with Gasteiger partial charge in [0.2, 0.25) is 0 Å². The van der Waals surface area contributed by atoms with Crippen LogP contribution >= 0.6 is 12.4 Å². The number of carbonyl (C=O) groups is 1. The quantitative estimate of drug-likeness (QED) is 0.926. The molecule has 3 atom stereocenters. The molecule has 1 fully saturated rings. The number of likely N-dealkylation sites (tertiary alicyclic amines) is 1. The van der Waals surface area contributed by atoms with Crippen molar-refractivity contribution in [2.24, 2.45) is 5.92 Å². The van der Waals surface area contributed by atoms with Crippen LogP contribution in [0.25, 0.3) is 0 Å². The molecule has 0 radical (unpaired) electrons. The molecular formula is C16H24ClNO2. The molecular weight excluding hydrogens is 274 g/mol. The molecule has 112 valence electrons. The number of aliphatic carboxylic acids is 1. The number of hydrogen-bond donors (Lipinski definition) is 1. The van der Waals surface area contributed by atoms with Gasteiger partial charge in [-0.1, -0.05) is 44.2 Å². The Labute approximate surface area is 127 Å². The van der Waals surface area contributed by atoms with Gasteiger partial charge >= 0.3 is 5.97 Å². The van der Waals surface area contributed by atoms with E-state index in [1.807, 2.05) is 13.0 Å². The van der Waals surface area contributed by atoms with E-state index >= 15 is 0 Å². The maximum absolute atomic E-state index is 11.2. The first-order valence-electron chi connectivity index (χ1n) is 7.15. The summed E-state index contributed by atoms with van der Waals surface area (Å²) < 4.78 is 0. The molecule has 1 heterocycles. The average molecular weight is 298 g/mol. The lowest BCUT2D eigenvalue weighted by Crippen LogP contribution is -2.47. The zero-order chi connectivity index (χ0) is 13.8.